The Hall–Kier alpha value is -0.120. The molecule has 3 heteroatoms. The van der Waals surface area contributed by atoms with E-state index in [0.29, 0.717) is 5.92 Å². The van der Waals surface area contributed by atoms with Crippen LogP contribution in [-0.2, 0) is 4.74 Å². The topological polar surface area (TPSA) is 38.5 Å². The predicted octanol–water partition coefficient (Wildman–Crippen LogP) is 0.940. The first-order valence-electron chi connectivity index (χ1n) is 5.15. The van der Waals surface area contributed by atoms with Crippen molar-refractivity contribution >= 4 is 0 Å². The molecule has 0 aromatic heterocycles. The summed E-state index contributed by atoms with van der Waals surface area (Å²) in [6, 6.07) is 0. The van der Waals surface area contributed by atoms with Crippen molar-refractivity contribution in [1.29, 1.82) is 0 Å². The molecule has 0 saturated heterocycles. The van der Waals surface area contributed by atoms with E-state index in [2.05, 4.69) is 18.7 Å². The third-order valence-corrected chi connectivity index (χ3v) is 2.29. The molecule has 0 aromatic carbocycles. The second kappa shape index (κ2) is 8.48. The van der Waals surface area contributed by atoms with Gasteiger partial charge in [-0.1, -0.05) is 13.8 Å². The second-order valence-corrected chi connectivity index (χ2v) is 3.57. The Balaban J connectivity index is 3.56. The zero-order valence-electron chi connectivity index (χ0n) is 9.25. The largest absolute Gasteiger partial charge is 0.383 e. The highest BCUT2D eigenvalue weighted by molar-refractivity contribution is 4.61. The third-order valence-electron chi connectivity index (χ3n) is 2.29. The van der Waals surface area contributed by atoms with Gasteiger partial charge in [0, 0.05) is 20.2 Å². The van der Waals surface area contributed by atoms with Crippen LogP contribution in [0.2, 0.25) is 0 Å². The van der Waals surface area contributed by atoms with Crippen LogP contribution in [0.5, 0.6) is 0 Å². The number of ether oxygens (including phenoxy) is 1. The van der Waals surface area contributed by atoms with Gasteiger partial charge in [-0.3, -0.25) is 0 Å². The average molecular weight is 188 g/mol. The fraction of sp³-hybridized carbons (Fsp3) is 1.00. The molecule has 13 heavy (non-hydrogen) atoms. The Morgan fingerprint density at radius 1 is 1.46 bits per heavy atom. The molecule has 0 aromatic rings. The summed E-state index contributed by atoms with van der Waals surface area (Å²) >= 11 is 0. The van der Waals surface area contributed by atoms with Crippen molar-refractivity contribution in [2.45, 2.75) is 20.3 Å². The molecule has 0 spiro atoms. The van der Waals surface area contributed by atoms with Gasteiger partial charge >= 0.3 is 0 Å². The average Bonchev–Trinajstić information content (AvgIpc) is 2.12. The lowest BCUT2D eigenvalue weighted by Gasteiger charge is -2.23. The van der Waals surface area contributed by atoms with Crippen LogP contribution in [0, 0.1) is 5.92 Å². The minimum absolute atomic E-state index is 0.696. The molecule has 0 aliphatic heterocycles. The zero-order valence-corrected chi connectivity index (χ0v) is 9.25. The van der Waals surface area contributed by atoms with Gasteiger partial charge in [0.1, 0.15) is 0 Å². The van der Waals surface area contributed by atoms with Crippen molar-refractivity contribution in [2.24, 2.45) is 11.7 Å². The van der Waals surface area contributed by atoms with Crippen molar-refractivity contribution in [3.05, 3.63) is 0 Å². The molecule has 0 rings (SSSR count). The van der Waals surface area contributed by atoms with E-state index in [-0.39, 0.29) is 0 Å². The number of hydrogen-bond donors (Lipinski definition) is 1. The van der Waals surface area contributed by atoms with Crippen LogP contribution in [0.1, 0.15) is 20.3 Å². The molecule has 0 heterocycles. The van der Waals surface area contributed by atoms with Crippen molar-refractivity contribution in [3.8, 4) is 0 Å². The number of nitrogens with zero attached hydrogens (tertiary/aromatic N) is 1. The van der Waals surface area contributed by atoms with Crippen LogP contribution in [0.25, 0.3) is 0 Å². The zero-order chi connectivity index (χ0) is 10.1. The highest BCUT2D eigenvalue weighted by atomic mass is 16.5. The molecule has 1 unspecified atom stereocenters. The van der Waals surface area contributed by atoms with Crippen molar-refractivity contribution in [3.63, 3.8) is 0 Å². The van der Waals surface area contributed by atoms with E-state index in [4.69, 9.17) is 10.5 Å². The van der Waals surface area contributed by atoms with Crippen LogP contribution < -0.4 is 5.73 Å². The Morgan fingerprint density at radius 2 is 2.15 bits per heavy atom. The number of likely N-dealkylation sites (N-methyl/N-ethyl adjacent to an activating group) is 1. The van der Waals surface area contributed by atoms with Gasteiger partial charge in [-0.25, -0.2) is 0 Å². The van der Waals surface area contributed by atoms with Crippen molar-refractivity contribution in [1.82, 2.24) is 4.90 Å². The fourth-order valence-corrected chi connectivity index (χ4v) is 1.42. The van der Waals surface area contributed by atoms with Gasteiger partial charge in [-0.15, -0.1) is 0 Å². The maximum Gasteiger partial charge on any atom is 0.0589 e. The summed E-state index contributed by atoms with van der Waals surface area (Å²) in [5, 5.41) is 0. The first-order valence-corrected chi connectivity index (χ1v) is 5.15. The Labute approximate surface area is 82.2 Å². The summed E-state index contributed by atoms with van der Waals surface area (Å²) in [6.07, 6.45) is 1.11. The maximum absolute atomic E-state index is 5.50. The minimum Gasteiger partial charge on any atom is -0.383 e. The SMILES string of the molecule is CCN(CCOC)CC(C)CCN. The minimum atomic E-state index is 0.696. The molecule has 0 fully saturated rings. The van der Waals surface area contributed by atoms with E-state index < -0.39 is 0 Å². The number of nitrogens with two attached hydrogens (primary N) is 1. The van der Waals surface area contributed by atoms with Crippen LogP contribution >= 0.6 is 0 Å². The second-order valence-electron chi connectivity index (χ2n) is 3.57. The Kier molecular flexibility index (Phi) is 8.40. The summed E-state index contributed by atoms with van der Waals surface area (Å²) in [4.78, 5) is 2.41. The van der Waals surface area contributed by atoms with Gasteiger partial charge in [0.15, 0.2) is 0 Å². The lowest BCUT2D eigenvalue weighted by atomic mass is 10.1. The summed E-state index contributed by atoms with van der Waals surface area (Å²) < 4.78 is 5.05. The van der Waals surface area contributed by atoms with Crippen LogP contribution in [0.15, 0.2) is 0 Å². The molecule has 0 aliphatic rings. The highest BCUT2D eigenvalue weighted by Gasteiger charge is 2.07. The molecule has 2 N–H and O–H groups in total. The predicted molar refractivity (Wildman–Crippen MR) is 56.8 cm³/mol. The van der Waals surface area contributed by atoms with Crippen molar-refractivity contribution in [2.75, 3.05) is 39.9 Å². The lowest BCUT2D eigenvalue weighted by molar-refractivity contribution is 0.141. The molecule has 0 amide bonds. The molecular weight excluding hydrogens is 164 g/mol. The Bertz CT molecular complexity index is 109. The van der Waals surface area contributed by atoms with Gasteiger partial charge in [-0.2, -0.15) is 0 Å². The number of methoxy groups -OCH3 is 1. The van der Waals surface area contributed by atoms with Gasteiger partial charge in [-0.05, 0) is 25.4 Å². The van der Waals surface area contributed by atoms with E-state index in [1.54, 1.807) is 7.11 Å². The monoisotopic (exact) mass is 188 g/mol. The summed E-state index contributed by atoms with van der Waals surface area (Å²) in [7, 11) is 1.75. The highest BCUT2D eigenvalue weighted by Crippen LogP contribution is 2.03. The van der Waals surface area contributed by atoms with E-state index in [0.717, 1.165) is 39.2 Å². The number of hydrogen-bond acceptors (Lipinski definition) is 3. The van der Waals surface area contributed by atoms with E-state index in [1.165, 1.54) is 0 Å². The van der Waals surface area contributed by atoms with Gasteiger partial charge in [0.05, 0.1) is 6.61 Å². The van der Waals surface area contributed by atoms with Gasteiger partial charge in [0.2, 0.25) is 0 Å². The smallest absolute Gasteiger partial charge is 0.0589 e. The van der Waals surface area contributed by atoms with Crippen LogP contribution in [0.3, 0.4) is 0 Å². The van der Waals surface area contributed by atoms with E-state index >= 15 is 0 Å². The molecule has 3 nitrogen and oxygen atoms in total. The third kappa shape index (κ3) is 6.99. The normalized spacial score (nSPS) is 13.6. The van der Waals surface area contributed by atoms with E-state index in [9.17, 15) is 0 Å². The quantitative estimate of drug-likeness (QED) is 0.616. The summed E-state index contributed by atoms with van der Waals surface area (Å²) in [5.41, 5.74) is 5.50. The molecule has 0 radical (unpaired) electrons. The lowest BCUT2D eigenvalue weighted by Crippen LogP contribution is -2.32. The van der Waals surface area contributed by atoms with Crippen LogP contribution in [0.4, 0.5) is 0 Å². The van der Waals surface area contributed by atoms with Crippen molar-refractivity contribution < 1.29 is 4.74 Å². The summed E-state index contributed by atoms with van der Waals surface area (Å²) in [5.74, 6) is 0.696. The van der Waals surface area contributed by atoms with Gasteiger partial charge in [0.25, 0.3) is 0 Å². The van der Waals surface area contributed by atoms with Gasteiger partial charge < -0.3 is 15.4 Å². The summed E-state index contributed by atoms with van der Waals surface area (Å²) in [6.45, 7) is 9.32. The number of rotatable bonds is 8. The first kappa shape index (κ1) is 12.9. The molecule has 0 bridgehead atoms. The van der Waals surface area contributed by atoms with Crippen LogP contribution in [-0.4, -0.2) is 44.8 Å². The molecule has 0 saturated carbocycles. The van der Waals surface area contributed by atoms with E-state index in [1.807, 2.05) is 0 Å². The fourth-order valence-electron chi connectivity index (χ4n) is 1.42. The molecule has 0 aliphatic carbocycles. The Morgan fingerprint density at radius 3 is 2.62 bits per heavy atom. The standard InChI is InChI=1S/C10H24N2O/c1-4-12(7-8-13-3)9-10(2)5-6-11/h10H,4-9,11H2,1-3H3. The first-order chi connectivity index (χ1) is 6.24. The molecule has 80 valence electrons. The maximum atomic E-state index is 5.50. The molecule has 1 atom stereocenters. The molecular formula is C10H24N2O.